The number of carboxylic acid groups (broad SMARTS) is 1. The van der Waals surface area contributed by atoms with E-state index in [1.807, 2.05) is 12.1 Å². The highest BCUT2D eigenvalue weighted by Crippen LogP contribution is 2.25. The fourth-order valence-corrected chi connectivity index (χ4v) is 3.33. The average molecular weight is 328 g/mol. The van der Waals surface area contributed by atoms with E-state index in [9.17, 15) is 9.59 Å². The Kier molecular flexibility index (Phi) is 5.94. The molecule has 1 amide bonds. The lowest BCUT2D eigenvalue weighted by Gasteiger charge is -2.27. The molecule has 0 aliphatic heterocycles. The summed E-state index contributed by atoms with van der Waals surface area (Å²) in [4.78, 5) is 23.9. The van der Waals surface area contributed by atoms with Crippen molar-refractivity contribution < 1.29 is 14.7 Å². The van der Waals surface area contributed by atoms with Crippen LogP contribution in [0.15, 0.2) is 29.2 Å². The number of amides is 1. The molecule has 1 aromatic rings. The van der Waals surface area contributed by atoms with Crippen molar-refractivity contribution in [2.75, 3.05) is 5.75 Å². The number of aliphatic carboxylic acids is 1. The maximum atomic E-state index is 11.9. The minimum atomic E-state index is -0.760. The van der Waals surface area contributed by atoms with Gasteiger partial charge in [-0.25, -0.2) is 0 Å². The van der Waals surface area contributed by atoms with Gasteiger partial charge in [-0.2, -0.15) is 0 Å². The lowest BCUT2D eigenvalue weighted by atomic mass is 9.86. The van der Waals surface area contributed by atoms with E-state index in [0.29, 0.717) is 23.6 Å². The second-order valence-electron chi connectivity index (χ2n) is 5.21. The van der Waals surface area contributed by atoms with Crippen LogP contribution >= 0.6 is 23.4 Å². The minimum absolute atomic E-state index is 0.0156. The summed E-state index contributed by atoms with van der Waals surface area (Å²) in [5, 5.41) is 12.6. The summed E-state index contributed by atoms with van der Waals surface area (Å²) in [6.45, 7) is 0. The topological polar surface area (TPSA) is 66.4 Å². The zero-order valence-corrected chi connectivity index (χ0v) is 13.1. The van der Waals surface area contributed by atoms with E-state index in [2.05, 4.69) is 5.32 Å². The highest BCUT2D eigenvalue weighted by molar-refractivity contribution is 8.00. The number of hydrogen-bond donors (Lipinski definition) is 2. The van der Waals surface area contributed by atoms with Crippen LogP contribution in [0.25, 0.3) is 0 Å². The van der Waals surface area contributed by atoms with Crippen molar-refractivity contribution in [1.29, 1.82) is 0 Å². The van der Waals surface area contributed by atoms with Crippen LogP contribution in [-0.4, -0.2) is 28.8 Å². The summed E-state index contributed by atoms with van der Waals surface area (Å²) in [5.41, 5.74) is 0. The van der Waals surface area contributed by atoms with Gasteiger partial charge in [0, 0.05) is 16.0 Å². The van der Waals surface area contributed by atoms with E-state index >= 15 is 0 Å². The fraction of sp³-hybridized carbons (Fsp3) is 0.467. The van der Waals surface area contributed by atoms with Gasteiger partial charge in [-0.15, -0.1) is 11.8 Å². The molecule has 21 heavy (non-hydrogen) atoms. The van der Waals surface area contributed by atoms with Gasteiger partial charge in [-0.3, -0.25) is 9.59 Å². The molecule has 2 unspecified atom stereocenters. The van der Waals surface area contributed by atoms with Crippen LogP contribution in [0.1, 0.15) is 25.7 Å². The second kappa shape index (κ2) is 7.71. The normalized spacial score (nSPS) is 21.8. The molecule has 1 aromatic carbocycles. The summed E-state index contributed by atoms with van der Waals surface area (Å²) in [7, 11) is 0. The third-order valence-electron chi connectivity index (χ3n) is 3.57. The van der Waals surface area contributed by atoms with E-state index in [-0.39, 0.29) is 17.9 Å². The molecule has 2 atom stereocenters. The Bertz CT molecular complexity index is 506. The predicted octanol–water partition coefficient (Wildman–Crippen LogP) is 3.19. The summed E-state index contributed by atoms with van der Waals surface area (Å²) in [5.74, 6) is -0.806. The van der Waals surface area contributed by atoms with Gasteiger partial charge in [0.1, 0.15) is 0 Å². The molecule has 114 valence electrons. The highest BCUT2D eigenvalue weighted by Gasteiger charge is 2.27. The molecule has 2 rings (SSSR count). The van der Waals surface area contributed by atoms with Gasteiger partial charge in [-0.05, 0) is 43.5 Å². The van der Waals surface area contributed by atoms with Crippen LogP contribution in [0.2, 0.25) is 5.02 Å². The van der Waals surface area contributed by atoms with Crippen LogP contribution in [-0.2, 0) is 9.59 Å². The second-order valence-corrected chi connectivity index (χ2v) is 6.69. The molecule has 0 spiro atoms. The Morgan fingerprint density at radius 3 is 2.67 bits per heavy atom. The molecule has 0 saturated heterocycles. The van der Waals surface area contributed by atoms with E-state index in [4.69, 9.17) is 16.7 Å². The van der Waals surface area contributed by atoms with Gasteiger partial charge in [0.05, 0.1) is 11.7 Å². The monoisotopic (exact) mass is 327 g/mol. The van der Waals surface area contributed by atoms with Crippen LogP contribution in [0.3, 0.4) is 0 Å². The molecule has 0 aromatic heterocycles. The predicted molar refractivity (Wildman–Crippen MR) is 83.7 cm³/mol. The first-order valence-corrected chi connectivity index (χ1v) is 8.31. The van der Waals surface area contributed by atoms with Crippen LogP contribution < -0.4 is 5.32 Å². The Morgan fingerprint density at radius 1 is 1.29 bits per heavy atom. The van der Waals surface area contributed by atoms with E-state index in [0.717, 1.165) is 17.7 Å². The number of thioether (sulfide) groups is 1. The molecule has 0 radical (unpaired) electrons. The first kappa shape index (κ1) is 16.2. The lowest BCUT2D eigenvalue weighted by Crippen LogP contribution is -2.40. The van der Waals surface area contributed by atoms with Crippen molar-refractivity contribution in [3.05, 3.63) is 29.3 Å². The van der Waals surface area contributed by atoms with Gasteiger partial charge in [0.25, 0.3) is 0 Å². The Labute approximate surface area is 133 Å². The average Bonchev–Trinajstić information content (AvgIpc) is 2.47. The molecular formula is C15H18ClNO3S. The number of halogens is 1. The molecule has 1 saturated carbocycles. The number of carboxylic acids is 1. The fourth-order valence-electron chi connectivity index (χ4n) is 2.49. The largest absolute Gasteiger partial charge is 0.481 e. The quantitative estimate of drug-likeness (QED) is 0.815. The van der Waals surface area contributed by atoms with Crippen LogP contribution in [0, 0.1) is 5.92 Å². The molecule has 1 aliphatic rings. The van der Waals surface area contributed by atoms with Crippen molar-refractivity contribution in [3.63, 3.8) is 0 Å². The Morgan fingerprint density at radius 2 is 2.00 bits per heavy atom. The van der Waals surface area contributed by atoms with Gasteiger partial charge >= 0.3 is 5.97 Å². The first-order chi connectivity index (χ1) is 10.0. The van der Waals surface area contributed by atoms with E-state index in [1.165, 1.54) is 11.8 Å². The Balaban J connectivity index is 1.76. The summed E-state index contributed by atoms with van der Waals surface area (Å²) in [6.07, 6.45) is 2.96. The maximum Gasteiger partial charge on any atom is 0.306 e. The maximum absolute atomic E-state index is 11.9. The van der Waals surface area contributed by atoms with Crippen molar-refractivity contribution in [3.8, 4) is 0 Å². The third kappa shape index (κ3) is 5.25. The minimum Gasteiger partial charge on any atom is -0.481 e. The Hall–Kier alpha value is -1.20. The number of carbonyl (C=O) groups is 2. The molecule has 0 bridgehead atoms. The molecule has 1 fully saturated rings. The third-order valence-corrected chi connectivity index (χ3v) is 4.84. The number of nitrogens with one attached hydrogen (secondary N) is 1. The van der Waals surface area contributed by atoms with E-state index < -0.39 is 5.97 Å². The molecule has 6 heteroatoms. The highest BCUT2D eigenvalue weighted by atomic mass is 35.5. The summed E-state index contributed by atoms with van der Waals surface area (Å²) in [6, 6.07) is 7.32. The van der Waals surface area contributed by atoms with Gasteiger partial charge < -0.3 is 10.4 Å². The molecular weight excluding hydrogens is 310 g/mol. The van der Waals surface area contributed by atoms with Crippen LogP contribution in [0.5, 0.6) is 0 Å². The summed E-state index contributed by atoms with van der Waals surface area (Å²) < 4.78 is 0. The molecule has 1 aliphatic carbocycles. The van der Waals surface area contributed by atoms with Crippen molar-refractivity contribution >= 4 is 35.2 Å². The van der Waals surface area contributed by atoms with Crippen molar-refractivity contribution in [2.24, 2.45) is 5.92 Å². The van der Waals surface area contributed by atoms with E-state index in [1.54, 1.807) is 12.1 Å². The zero-order chi connectivity index (χ0) is 15.2. The SMILES string of the molecule is O=C(CSc1ccc(Cl)cc1)NC1CCCC(C(=O)O)C1. The smallest absolute Gasteiger partial charge is 0.306 e. The lowest BCUT2D eigenvalue weighted by molar-refractivity contribution is -0.143. The van der Waals surface area contributed by atoms with Gasteiger partial charge in [0.15, 0.2) is 0 Å². The number of carbonyl (C=O) groups excluding carboxylic acids is 1. The number of benzene rings is 1. The number of hydrogen-bond acceptors (Lipinski definition) is 3. The molecule has 4 nitrogen and oxygen atoms in total. The van der Waals surface area contributed by atoms with Crippen molar-refractivity contribution in [1.82, 2.24) is 5.32 Å². The van der Waals surface area contributed by atoms with Gasteiger partial charge in [-0.1, -0.05) is 18.0 Å². The van der Waals surface area contributed by atoms with Crippen LogP contribution in [0.4, 0.5) is 0 Å². The number of rotatable bonds is 5. The summed E-state index contributed by atoms with van der Waals surface area (Å²) >= 11 is 7.25. The molecule has 2 N–H and O–H groups in total. The first-order valence-electron chi connectivity index (χ1n) is 6.95. The zero-order valence-electron chi connectivity index (χ0n) is 11.5. The van der Waals surface area contributed by atoms with Gasteiger partial charge in [0.2, 0.25) is 5.91 Å². The standard InChI is InChI=1S/C15H18ClNO3S/c16-11-4-6-13(7-5-11)21-9-14(18)17-12-3-1-2-10(8-12)15(19)20/h4-7,10,12H,1-3,8-9H2,(H,17,18)(H,19,20). The molecule has 0 heterocycles. The van der Waals surface area contributed by atoms with Crippen molar-refractivity contribution in [2.45, 2.75) is 36.6 Å².